The van der Waals surface area contributed by atoms with E-state index in [9.17, 15) is 18.8 Å². The van der Waals surface area contributed by atoms with Gasteiger partial charge < -0.3 is 19.9 Å². The van der Waals surface area contributed by atoms with Gasteiger partial charge in [0, 0.05) is 5.02 Å². The molecule has 1 saturated heterocycles. The van der Waals surface area contributed by atoms with Crippen LogP contribution in [0.25, 0.3) is 0 Å². The van der Waals surface area contributed by atoms with E-state index in [-0.39, 0.29) is 17.0 Å². The van der Waals surface area contributed by atoms with Gasteiger partial charge in [0.05, 0.1) is 18.6 Å². The zero-order valence-electron chi connectivity index (χ0n) is 14.5. The summed E-state index contributed by atoms with van der Waals surface area (Å²) >= 11 is 5.73. The Morgan fingerprint density at radius 3 is 2.64 bits per heavy atom. The molecule has 0 bridgehead atoms. The predicted octanol–water partition coefficient (Wildman–Crippen LogP) is 1.67. The lowest BCUT2D eigenvalue weighted by atomic mass is 9.91. The molecule has 0 saturated carbocycles. The molecule has 1 atom stereocenters. The van der Waals surface area contributed by atoms with Crippen molar-refractivity contribution in [1.29, 1.82) is 0 Å². The van der Waals surface area contributed by atoms with Gasteiger partial charge >= 0.3 is 13.1 Å². The van der Waals surface area contributed by atoms with Gasteiger partial charge in [-0.2, -0.15) is 0 Å². The first-order valence-corrected chi connectivity index (χ1v) is 8.72. The molecule has 1 heterocycles. The fourth-order valence-electron chi connectivity index (χ4n) is 2.55. The van der Waals surface area contributed by atoms with Crippen LogP contribution in [0, 0.1) is 5.82 Å². The number of carbonyl (C=O) groups is 3. The Labute approximate surface area is 165 Å². The molecule has 0 radical (unpaired) electrons. The van der Waals surface area contributed by atoms with E-state index in [1.807, 2.05) is 6.07 Å². The maximum Gasteiger partial charge on any atom is 0.548 e. The van der Waals surface area contributed by atoms with Crippen molar-refractivity contribution in [1.82, 2.24) is 10.6 Å². The third kappa shape index (κ3) is 4.87. The largest absolute Gasteiger partial charge is 0.548 e. The molecule has 0 aliphatic carbocycles. The van der Waals surface area contributed by atoms with Gasteiger partial charge in [0.2, 0.25) is 5.91 Å². The number of amides is 2. The van der Waals surface area contributed by atoms with E-state index in [4.69, 9.17) is 20.9 Å². The van der Waals surface area contributed by atoms with Crippen molar-refractivity contribution in [3.05, 3.63) is 70.5 Å². The molecule has 2 amide bonds. The Hall–Kier alpha value is -2.91. The summed E-state index contributed by atoms with van der Waals surface area (Å²) < 4.78 is 24.2. The summed E-state index contributed by atoms with van der Waals surface area (Å²) in [6.07, 6.45) is -0.941. The predicted molar refractivity (Wildman–Crippen MR) is 98.9 cm³/mol. The van der Waals surface area contributed by atoms with Gasteiger partial charge in [-0.15, -0.1) is 0 Å². The lowest BCUT2D eigenvalue weighted by molar-refractivity contribution is -0.136. The van der Waals surface area contributed by atoms with Crippen LogP contribution in [-0.4, -0.2) is 37.9 Å². The molecule has 2 aromatic rings. The summed E-state index contributed by atoms with van der Waals surface area (Å²) in [6.45, 7) is -0.395. The van der Waals surface area contributed by atoms with Crippen molar-refractivity contribution in [2.75, 3.05) is 13.0 Å². The summed E-state index contributed by atoms with van der Waals surface area (Å²) in [5.74, 6) is -2.63. The molecular formula is C18H15BClFN2O5. The first-order chi connectivity index (χ1) is 13.4. The van der Waals surface area contributed by atoms with Gasteiger partial charge in [0.15, 0.2) is 6.10 Å². The molecule has 0 aromatic heterocycles. The molecule has 1 aliphatic rings. The van der Waals surface area contributed by atoms with Crippen molar-refractivity contribution in [2.24, 2.45) is 0 Å². The van der Waals surface area contributed by atoms with Gasteiger partial charge in [-0.05, 0) is 23.8 Å². The minimum Gasteiger partial charge on any atom is -0.506 e. The minimum atomic E-state index is -0.942. The average molecular weight is 405 g/mol. The summed E-state index contributed by atoms with van der Waals surface area (Å²) in [6, 6.07) is 12.4. The standard InChI is InChI=1S/C18H15BClFN2O5/c20-12-6-7-14(21)13(8-12)17(25)22-9-15(24)23-10-19-27-16(18(26)28-19)11-4-2-1-3-5-11/h1-8,16H,9-10H2,(H,22,25)(H,23,24). The van der Waals surface area contributed by atoms with Crippen LogP contribution in [0.5, 0.6) is 0 Å². The molecule has 2 N–H and O–H groups in total. The molecule has 7 nitrogen and oxygen atoms in total. The third-order valence-corrected chi connectivity index (χ3v) is 4.14. The number of halogens is 2. The van der Waals surface area contributed by atoms with Crippen molar-refractivity contribution < 1.29 is 28.1 Å². The van der Waals surface area contributed by atoms with Crippen LogP contribution in [-0.2, 0) is 18.9 Å². The normalized spacial score (nSPS) is 15.9. The highest BCUT2D eigenvalue weighted by molar-refractivity contribution is 6.49. The van der Waals surface area contributed by atoms with E-state index in [2.05, 4.69) is 10.6 Å². The van der Waals surface area contributed by atoms with Crippen molar-refractivity contribution in [3.8, 4) is 0 Å². The Kier molecular flexibility index (Phi) is 6.28. The highest BCUT2D eigenvalue weighted by atomic mass is 35.5. The summed E-state index contributed by atoms with van der Waals surface area (Å²) in [5.41, 5.74) is 0.385. The number of hydrogen-bond acceptors (Lipinski definition) is 5. The topological polar surface area (TPSA) is 93.7 Å². The highest BCUT2D eigenvalue weighted by Crippen LogP contribution is 2.25. The Bertz CT molecular complexity index is 899. The van der Waals surface area contributed by atoms with E-state index < -0.39 is 43.4 Å². The maximum atomic E-state index is 13.6. The maximum absolute atomic E-state index is 13.6. The summed E-state index contributed by atoms with van der Waals surface area (Å²) in [5, 5.41) is 4.96. The second-order valence-electron chi connectivity index (χ2n) is 5.90. The van der Waals surface area contributed by atoms with Crippen molar-refractivity contribution in [2.45, 2.75) is 6.10 Å². The smallest absolute Gasteiger partial charge is 0.506 e. The second-order valence-corrected chi connectivity index (χ2v) is 6.34. The van der Waals surface area contributed by atoms with Crippen LogP contribution in [0.15, 0.2) is 48.5 Å². The number of rotatable bonds is 6. The number of benzene rings is 2. The highest BCUT2D eigenvalue weighted by Gasteiger charge is 2.40. The minimum absolute atomic E-state index is 0.0880. The molecule has 1 unspecified atom stereocenters. The molecule has 2 aromatic carbocycles. The monoisotopic (exact) mass is 404 g/mol. The molecule has 0 spiro atoms. The van der Waals surface area contributed by atoms with Crippen LogP contribution in [0.4, 0.5) is 4.39 Å². The lowest BCUT2D eigenvalue weighted by Gasteiger charge is -2.09. The van der Waals surface area contributed by atoms with E-state index in [0.717, 1.165) is 6.07 Å². The van der Waals surface area contributed by atoms with Crippen molar-refractivity contribution in [3.63, 3.8) is 0 Å². The third-order valence-electron chi connectivity index (χ3n) is 3.90. The average Bonchev–Trinajstić information content (AvgIpc) is 3.07. The van der Waals surface area contributed by atoms with Crippen LogP contribution in [0.3, 0.4) is 0 Å². The SMILES string of the molecule is O=C(CNC(=O)c1cc(Cl)ccc1F)NCB1OC(=O)C(c2ccccc2)O1. The molecule has 144 valence electrons. The summed E-state index contributed by atoms with van der Waals surface area (Å²) in [7, 11) is -0.942. The van der Waals surface area contributed by atoms with E-state index >= 15 is 0 Å². The quantitative estimate of drug-likeness (QED) is 0.714. The lowest BCUT2D eigenvalue weighted by Crippen LogP contribution is -2.42. The fraction of sp³-hybridized carbons (Fsp3) is 0.167. The molecule has 1 fully saturated rings. The zero-order chi connectivity index (χ0) is 20.1. The van der Waals surface area contributed by atoms with E-state index in [1.165, 1.54) is 12.1 Å². The molecule has 3 rings (SSSR count). The van der Waals surface area contributed by atoms with Gasteiger partial charge in [-0.25, -0.2) is 4.39 Å². The zero-order valence-corrected chi connectivity index (χ0v) is 15.2. The molecule has 28 heavy (non-hydrogen) atoms. The van der Waals surface area contributed by atoms with Crippen LogP contribution in [0.1, 0.15) is 22.0 Å². The number of carbonyl (C=O) groups excluding carboxylic acids is 3. The number of hydrogen-bond donors (Lipinski definition) is 2. The number of nitrogens with one attached hydrogen (secondary N) is 2. The van der Waals surface area contributed by atoms with Gasteiger partial charge in [-0.3, -0.25) is 14.4 Å². The fourth-order valence-corrected chi connectivity index (χ4v) is 2.72. The first-order valence-electron chi connectivity index (χ1n) is 8.35. The Morgan fingerprint density at radius 2 is 1.89 bits per heavy atom. The van der Waals surface area contributed by atoms with Crippen LogP contribution < -0.4 is 10.6 Å². The first kappa shape index (κ1) is 19.8. The summed E-state index contributed by atoms with van der Waals surface area (Å²) in [4.78, 5) is 35.7. The second kappa shape index (κ2) is 8.86. The van der Waals surface area contributed by atoms with E-state index in [0.29, 0.717) is 5.56 Å². The van der Waals surface area contributed by atoms with Gasteiger partial charge in [0.1, 0.15) is 5.82 Å². The van der Waals surface area contributed by atoms with Gasteiger partial charge in [-0.1, -0.05) is 41.9 Å². The molecule has 1 aliphatic heterocycles. The van der Waals surface area contributed by atoms with Crippen molar-refractivity contribution >= 4 is 36.5 Å². The van der Waals surface area contributed by atoms with E-state index in [1.54, 1.807) is 24.3 Å². The Balaban J connectivity index is 1.45. The van der Waals surface area contributed by atoms with Crippen LogP contribution >= 0.6 is 11.6 Å². The van der Waals surface area contributed by atoms with Crippen LogP contribution in [0.2, 0.25) is 5.02 Å². The Morgan fingerprint density at radius 1 is 1.14 bits per heavy atom. The van der Waals surface area contributed by atoms with Gasteiger partial charge in [0.25, 0.3) is 5.91 Å². The molecular weight excluding hydrogens is 389 g/mol. The molecule has 10 heteroatoms.